The summed E-state index contributed by atoms with van der Waals surface area (Å²) in [5, 5.41) is 8.99. The summed E-state index contributed by atoms with van der Waals surface area (Å²) in [6.45, 7) is 4.48. The van der Waals surface area contributed by atoms with Gasteiger partial charge in [-0.15, -0.1) is 0 Å². The second-order valence-corrected chi connectivity index (χ2v) is 8.89. The summed E-state index contributed by atoms with van der Waals surface area (Å²) in [6.07, 6.45) is 3.51. The van der Waals surface area contributed by atoms with Crippen molar-refractivity contribution in [2.75, 3.05) is 11.9 Å². The Morgan fingerprint density at radius 1 is 1.25 bits per heavy atom. The number of hydrazine groups is 1. The smallest absolute Gasteiger partial charge is 0.270 e. The Kier molecular flexibility index (Phi) is 6.09. The molecule has 2 heterocycles. The number of carbonyl (C=O) groups is 1. The molecule has 8 nitrogen and oxygen atoms in total. The molecular formula is C22H24FN5O3S. The molecular weight excluding hydrogens is 433 g/mol. The molecule has 0 bridgehead atoms. The number of fused-ring (bicyclic) bond motifs is 1. The van der Waals surface area contributed by atoms with Crippen LogP contribution in [-0.2, 0) is 24.7 Å². The molecule has 32 heavy (non-hydrogen) atoms. The SMILES string of the molecule is Cc1cc(F)ccc1-c1cc(S(=O)O)cc2c1N[C@H](C)CNN(Cc1cnn(C)c1)C2=O. The first-order chi connectivity index (χ1) is 15.2. The molecule has 0 spiro atoms. The lowest BCUT2D eigenvalue weighted by molar-refractivity contribution is 0.0634. The number of halogens is 1. The molecule has 3 N–H and O–H groups in total. The van der Waals surface area contributed by atoms with Gasteiger partial charge in [0.2, 0.25) is 0 Å². The van der Waals surface area contributed by atoms with Crippen molar-refractivity contribution in [1.82, 2.24) is 20.2 Å². The monoisotopic (exact) mass is 457 g/mol. The quantitative estimate of drug-likeness (QED) is 0.521. The van der Waals surface area contributed by atoms with Crippen molar-refractivity contribution >= 4 is 22.7 Å². The van der Waals surface area contributed by atoms with Crippen molar-refractivity contribution in [3.05, 3.63) is 65.2 Å². The maximum absolute atomic E-state index is 13.7. The third-order valence-electron chi connectivity index (χ3n) is 5.35. The third-order valence-corrected chi connectivity index (χ3v) is 5.98. The van der Waals surface area contributed by atoms with Gasteiger partial charge in [0, 0.05) is 37.0 Å². The van der Waals surface area contributed by atoms with E-state index in [1.807, 2.05) is 13.1 Å². The van der Waals surface area contributed by atoms with Crippen LogP contribution in [0.1, 0.15) is 28.4 Å². The molecule has 0 saturated carbocycles. The summed E-state index contributed by atoms with van der Waals surface area (Å²) in [6, 6.07) is 7.28. The van der Waals surface area contributed by atoms with E-state index in [0.29, 0.717) is 28.9 Å². The molecule has 1 unspecified atom stereocenters. The van der Waals surface area contributed by atoms with Gasteiger partial charge in [-0.1, -0.05) is 6.07 Å². The molecule has 0 radical (unpaired) electrons. The van der Waals surface area contributed by atoms with Crippen LogP contribution < -0.4 is 10.7 Å². The highest BCUT2D eigenvalue weighted by molar-refractivity contribution is 7.79. The Morgan fingerprint density at radius 2 is 2.00 bits per heavy atom. The van der Waals surface area contributed by atoms with Crippen molar-refractivity contribution in [2.24, 2.45) is 7.05 Å². The molecule has 2 aromatic carbocycles. The van der Waals surface area contributed by atoms with Gasteiger partial charge in [-0.2, -0.15) is 5.10 Å². The number of aryl methyl sites for hydroxylation is 2. The summed E-state index contributed by atoms with van der Waals surface area (Å²) < 4.78 is 37.2. The average Bonchev–Trinajstić information content (AvgIpc) is 3.14. The van der Waals surface area contributed by atoms with Gasteiger partial charge in [-0.05, 0) is 49.2 Å². The summed E-state index contributed by atoms with van der Waals surface area (Å²) >= 11 is -2.31. The minimum Gasteiger partial charge on any atom is -0.380 e. The maximum Gasteiger partial charge on any atom is 0.270 e. The second kappa shape index (κ2) is 8.81. The second-order valence-electron chi connectivity index (χ2n) is 7.92. The van der Waals surface area contributed by atoms with E-state index in [1.54, 1.807) is 37.0 Å². The van der Waals surface area contributed by atoms with Crippen LogP contribution >= 0.6 is 0 Å². The molecule has 3 aromatic rings. The van der Waals surface area contributed by atoms with Crippen LogP contribution in [0.4, 0.5) is 10.1 Å². The number of nitrogens with zero attached hydrogens (tertiary/aromatic N) is 3. The first-order valence-electron chi connectivity index (χ1n) is 10.1. The van der Waals surface area contributed by atoms with E-state index in [0.717, 1.165) is 5.56 Å². The highest BCUT2D eigenvalue weighted by atomic mass is 32.2. The Balaban J connectivity index is 1.88. The van der Waals surface area contributed by atoms with E-state index in [1.165, 1.54) is 23.2 Å². The number of aromatic nitrogens is 2. The Morgan fingerprint density at radius 3 is 2.66 bits per heavy atom. The van der Waals surface area contributed by atoms with E-state index in [9.17, 15) is 17.9 Å². The number of hydrogen-bond acceptors (Lipinski definition) is 5. The van der Waals surface area contributed by atoms with E-state index in [-0.39, 0.29) is 34.8 Å². The average molecular weight is 458 g/mol. The first-order valence-corrected chi connectivity index (χ1v) is 11.2. The van der Waals surface area contributed by atoms with Gasteiger partial charge in [0.15, 0.2) is 11.1 Å². The third kappa shape index (κ3) is 4.43. The molecule has 1 amide bonds. The van der Waals surface area contributed by atoms with Gasteiger partial charge in [0.25, 0.3) is 5.91 Å². The first kappa shape index (κ1) is 22.1. The molecule has 10 heteroatoms. The summed E-state index contributed by atoms with van der Waals surface area (Å²) in [5.41, 5.74) is 6.69. The molecule has 1 aliphatic rings. The molecule has 168 valence electrons. The Hall–Kier alpha value is -3.08. The fourth-order valence-corrected chi connectivity index (χ4v) is 4.25. The van der Waals surface area contributed by atoms with E-state index in [4.69, 9.17) is 0 Å². The summed E-state index contributed by atoms with van der Waals surface area (Å²) in [5.74, 6) is -0.725. The van der Waals surface area contributed by atoms with E-state index >= 15 is 0 Å². The predicted octanol–water partition coefficient (Wildman–Crippen LogP) is 3.08. The van der Waals surface area contributed by atoms with Crippen LogP contribution in [0.3, 0.4) is 0 Å². The van der Waals surface area contributed by atoms with Crippen LogP contribution in [0, 0.1) is 12.7 Å². The summed E-state index contributed by atoms with van der Waals surface area (Å²) in [7, 11) is 1.80. The van der Waals surface area contributed by atoms with Crippen molar-refractivity contribution in [1.29, 1.82) is 0 Å². The lowest BCUT2D eigenvalue weighted by atomic mass is 9.95. The zero-order valence-electron chi connectivity index (χ0n) is 17.9. The lowest BCUT2D eigenvalue weighted by Crippen LogP contribution is -2.48. The van der Waals surface area contributed by atoms with Gasteiger partial charge in [0.1, 0.15) is 5.82 Å². The largest absolute Gasteiger partial charge is 0.380 e. The van der Waals surface area contributed by atoms with E-state index < -0.39 is 11.1 Å². The van der Waals surface area contributed by atoms with Crippen LogP contribution in [0.25, 0.3) is 11.1 Å². The van der Waals surface area contributed by atoms with Gasteiger partial charge >= 0.3 is 0 Å². The topological polar surface area (TPSA) is 99.5 Å². The Bertz CT molecular complexity index is 1210. The minimum absolute atomic E-state index is 0.0665. The van der Waals surface area contributed by atoms with Crippen LogP contribution in [0.5, 0.6) is 0 Å². The van der Waals surface area contributed by atoms with Crippen molar-refractivity contribution in [2.45, 2.75) is 31.3 Å². The zero-order chi connectivity index (χ0) is 23.0. The minimum atomic E-state index is -2.31. The number of hydrogen-bond donors (Lipinski definition) is 3. The Labute approximate surface area is 187 Å². The molecule has 0 saturated heterocycles. The van der Waals surface area contributed by atoms with Crippen molar-refractivity contribution in [3.8, 4) is 11.1 Å². The van der Waals surface area contributed by atoms with Crippen molar-refractivity contribution < 1.29 is 17.9 Å². The highest BCUT2D eigenvalue weighted by Crippen LogP contribution is 2.37. The van der Waals surface area contributed by atoms with Gasteiger partial charge in [-0.3, -0.25) is 14.5 Å². The maximum atomic E-state index is 13.7. The van der Waals surface area contributed by atoms with Crippen LogP contribution in [0.2, 0.25) is 0 Å². The van der Waals surface area contributed by atoms with Gasteiger partial charge in [-0.25, -0.2) is 14.0 Å². The van der Waals surface area contributed by atoms with Crippen LogP contribution in [0.15, 0.2) is 47.6 Å². The van der Waals surface area contributed by atoms with Gasteiger partial charge < -0.3 is 9.87 Å². The number of nitrogens with one attached hydrogen (secondary N) is 2. The van der Waals surface area contributed by atoms with Crippen molar-refractivity contribution in [3.63, 3.8) is 0 Å². The summed E-state index contributed by atoms with van der Waals surface area (Å²) in [4.78, 5) is 13.7. The fourth-order valence-electron chi connectivity index (χ4n) is 3.81. The molecule has 1 aliphatic heterocycles. The fraction of sp³-hybridized carbons (Fsp3) is 0.273. The molecule has 2 atom stereocenters. The number of rotatable bonds is 4. The number of carbonyl (C=O) groups excluding carboxylic acids is 1. The highest BCUT2D eigenvalue weighted by Gasteiger charge is 2.28. The van der Waals surface area contributed by atoms with Crippen LogP contribution in [-0.4, -0.2) is 42.0 Å². The predicted molar refractivity (Wildman–Crippen MR) is 120 cm³/mol. The number of benzene rings is 2. The number of amides is 1. The molecule has 0 fully saturated rings. The number of anilines is 1. The lowest BCUT2D eigenvalue weighted by Gasteiger charge is -2.31. The zero-order valence-corrected chi connectivity index (χ0v) is 18.7. The molecule has 0 aliphatic carbocycles. The molecule has 4 rings (SSSR count). The van der Waals surface area contributed by atoms with E-state index in [2.05, 4.69) is 15.8 Å². The molecule has 1 aromatic heterocycles. The normalized spacial score (nSPS) is 17.3. The standard InChI is InChI=1S/C22H24FN5O3S/c1-13-6-16(23)4-5-18(13)19-7-17(32(30)31)8-20-21(19)26-14(2)9-25-28(22(20)29)12-15-10-24-27(3)11-15/h4-8,10-11,14,25-26H,9,12H2,1-3H3,(H,30,31)/t14-/m1/s1. The van der Waals surface area contributed by atoms with Gasteiger partial charge in [0.05, 0.1) is 28.9 Å².